The largest absolute Gasteiger partial charge is 0.112 e. The SMILES string of the molecule is CC(C)[B]CCCCC(C)C. The van der Waals surface area contributed by atoms with Gasteiger partial charge in [0.15, 0.2) is 0 Å². The Kier molecular flexibility index (Phi) is 6.80. The molecular weight excluding hydrogens is 131 g/mol. The fourth-order valence-electron chi connectivity index (χ4n) is 1.15. The van der Waals surface area contributed by atoms with Crippen LogP contribution in [-0.2, 0) is 0 Å². The van der Waals surface area contributed by atoms with Crippen molar-refractivity contribution in [1.82, 2.24) is 0 Å². The molecule has 0 aromatic heterocycles. The van der Waals surface area contributed by atoms with E-state index in [1.54, 1.807) is 0 Å². The van der Waals surface area contributed by atoms with Crippen LogP contribution in [0.3, 0.4) is 0 Å². The topological polar surface area (TPSA) is 0 Å². The average Bonchev–Trinajstić information content (AvgIpc) is 1.85. The molecule has 0 saturated heterocycles. The maximum absolute atomic E-state index is 2.42. The van der Waals surface area contributed by atoms with Crippen molar-refractivity contribution in [2.75, 3.05) is 0 Å². The zero-order valence-electron chi connectivity index (χ0n) is 8.56. The van der Waals surface area contributed by atoms with Crippen molar-refractivity contribution in [2.45, 2.75) is 59.1 Å². The molecule has 0 fully saturated rings. The zero-order chi connectivity index (χ0) is 8.69. The summed E-state index contributed by atoms with van der Waals surface area (Å²) in [6.45, 7) is 9.10. The summed E-state index contributed by atoms with van der Waals surface area (Å²) in [4.78, 5) is 0. The smallest absolute Gasteiger partial charge is 0.0800 e. The summed E-state index contributed by atoms with van der Waals surface area (Å²) in [5.41, 5.74) is 0. The highest BCUT2D eigenvalue weighted by Crippen LogP contribution is 2.10. The number of rotatable bonds is 6. The minimum atomic E-state index is 0.772. The van der Waals surface area contributed by atoms with Crippen molar-refractivity contribution in [3.05, 3.63) is 0 Å². The first-order valence-corrected chi connectivity index (χ1v) is 4.96. The minimum Gasteiger partial charge on any atom is -0.0800 e. The summed E-state index contributed by atoms with van der Waals surface area (Å²) in [6.07, 6.45) is 5.49. The van der Waals surface area contributed by atoms with E-state index in [1.165, 1.54) is 25.6 Å². The van der Waals surface area contributed by atoms with Crippen LogP contribution in [0.5, 0.6) is 0 Å². The maximum atomic E-state index is 2.42. The third-order valence-corrected chi connectivity index (χ3v) is 1.87. The van der Waals surface area contributed by atoms with Crippen molar-refractivity contribution >= 4 is 7.28 Å². The monoisotopic (exact) mass is 153 g/mol. The van der Waals surface area contributed by atoms with Crippen molar-refractivity contribution < 1.29 is 0 Å². The molecule has 0 rings (SSSR count). The molecule has 0 aromatic rings. The van der Waals surface area contributed by atoms with Crippen LogP contribution in [-0.4, -0.2) is 7.28 Å². The molecule has 0 unspecified atom stereocenters. The van der Waals surface area contributed by atoms with Gasteiger partial charge in [0.05, 0.1) is 0 Å². The van der Waals surface area contributed by atoms with Crippen LogP contribution >= 0.6 is 0 Å². The molecule has 0 heterocycles. The van der Waals surface area contributed by atoms with Crippen LogP contribution in [0.1, 0.15) is 47.0 Å². The molecule has 0 aliphatic carbocycles. The Hall–Kier alpha value is 0.0649. The highest BCUT2D eigenvalue weighted by Gasteiger charge is 1.97. The number of hydrogen-bond donors (Lipinski definition) is 0. The van der Waals surface area contributed by atoms with Gasteiger partial charge >= 0.3 is 0 Å². The Morgan fingerprint density at radius 2 is 1.64 bits per heavy atom. The fraction of sp³-hybridized carbons (Fsp3) is 1.00. The molecule has 1 radical (unpaired) electrons. The fourth-order valence-corrected chi connectivity index (χ4v) is 1.15. The van der Waals surface area contributed by atoms with Gasteiger partial charge in [-0.15, -0.1) is 0 Å². The number of hydrogen-bond acceptors (Lipinski definition) is 0. The number of unbranched alkanes of at least 4 members (excludes halogenated alkanes) is 1. The first kappa shape index (κ1) is 11.1. The molecule has 0 aromatic carbocycles. The van der Waals surface area contributed by atoms with E-state index in [2.05, 4.69) is 35.0 Å². The quantitative estimate of drug-likeness (QED) is 0.402. The van der Waals surface area contributed by atoms with Crippen molar-refractivity contribution in [3.8, 4) is 0 Å². The molecule has 0 aliphatic rings. The van der Waals surface area contributed by atoms with Crippen LogP contribution in [0.25, 0.3) is 0 Å². The highest BCUT2D eigenvalue weighted by atomic mass is 14.0. The van der Waals surface area contributed by atoms with Gasteiger partial charge in [0.2, 0.25) is 0 Å². The van der Waals surface area contributed by atoms with Gasteiger partial charge in [-0.3, -0.25) is 0 Å². The zero-order valence-corrected chi connectivity index (χ0v) is 8.56. The molecule has 0 bridgehead atoms. The molecule has 0 N–H and O–H groups in total. The maximum Gasteiger partial charge on any atom is 0.112 e. The van der Waals surface area contributed by atoms with Gasteiger partial charge in [-0.25, -0.2) is 0 Å². The van der Waals surface area contributed by atoms with Crippen LogP contribution in [0.4, 0.5) is 0 Å². The lowest BCUT2D eigenvalue weighted by atomic mass is 9.62. The van der Waals surface area contributed by atoms with Gasteiger partial charge in [0.25, 0.3) is 0 Å². The van der Waals surface area contributed by atoms with E-state index in [0.29, 0.717) is 0 Å². The summed E-state index contributed by atoms with van der Waals surface area (Å²) in [5.74, 6) is 1.66. The Bertz CT molecular complexity index is 66.9. The van der Waals surface area contributed by atoms with E-state index >= 15 is 0 Å². The van der Waals surface area contributed by atoms with Gasteiger partial charge in [-0.1, -0.05) is 59.1 Å². The second-order valence-corrected chi connectivity index (χ2v) is 4.16. The Balaban J connectivity index is 2.91. The molecule has 0 spiro atoms. The molecule has 11 heavy (non-hydrogen) atoms. The van der Waals surface area contributed by atoms with Crippen LogP contribution in [0, 0.1) is 5.92 Å². The third kappa shape index (κ3) is 10.1. The standard InChI is InChI=1S/C10H22B/c1-9(2)7-5-6-8-11-10(3)4/h9-10H,5-8H2,1-4H3. The van der Waals surface area contributed by atoms with Gasteiger partial charge in [-0.05, 0) is 5.92 Å². The van der Waals surface area contributed by atoms with E-state index in [9.17, 15) is 0 Å². The van der Waals surface area contributed by atoms with E-state index in [1.807, 2.05) is 0 Å². The second kappa shape index (κ2) is 6.76. The summed E-state index contributed by atoms with van der Waals surface area (Å²) in [6, 6.07) is 0. The molecule has 0 atom stereocenters. The molecular formula is C10H22B. The van der Waals surface area contributed by atoms with E-state index in [0.717, 1.165) is 11.7 Å². The summed E-state index contributed by atoms with van der Waals surface area (Å²) >= 11 is 0. The summed E-state index contributed by atoms with van der Waals surface area (Å²) in [7, 11) is 2.42. The highest BCUT2D eigenvalue weighted by molar-refractivity contribution is 6.37. The van der Waals surface area contributed by atoms with E-state index in [4.69, 9.17) is 0 Å². The van der Waals surface area contributed by atoms with Crippen molar-refractivity contribution in [1.29, 1.82) is 0 Å². The Morgan fingerprint density at radius 3 is 2.09 bits per heavy atom. The molecule has 0 aliphatic heterocycles. The van der Waals surface area contributed by atoms with Gasteiger partial charge in [0.1, 0.15) is 7.28 Å². The van der Waals surface area contributed by atoms with E-state index < -0.39 is 0 Å². The predicted molar refractivity (Wildman–Crippen MR) is 54.3 cm³/mol. The summed E-state index contributed by atoms with van der Waals surface area (Å²) in [5, 5.41) is 0. The van der Waals surface area contributed by atoms with Gasteiger partial charge in [0, 0.05) is 0 Å². The van der Waals surface area contributed by atoms with Crippen LogP contribution < -0.4 is 0 Å². The molecule has 1 heteroatoms. The van der Waals surface area contributed by atoms with Crippen LogP contribution in [0.15, 0.2) is 0 Å². The lowest BCUT2D eigenvalue weighted by molar-refractivity contribution is 0.549. The lowest BCUT2D eigenvalue weighted by Gasteiger charge is -2.04. The molecule has 65 valence electrons. The normalized spacial score (nSPS) is 11.1. The van der Waals surface area contributed by atoms with E-state index in [-0.39, 0.29) is 0 Å². The summed E-state index contributed by atoms with van der Waals surface area (Å²) < 4.78 is 0. The van der Waals surface area contributed by atoms with Crippen molar-refractivity contribution in [3.63, 3.8) is 0 Å². The minimum absolute atomic E-state index is 0.772. The third-order valence-electron chi connectivity index (χ3n) is 1.87. The Morgan fingerprint density at radius 1 is 1.00 bits per heavy atom. The molecule has 0 saturated carbocycles. The van der Waals surface area contributed by atoms with Crippen molar-refractivity contribution in [2.24, 2.45) is 5.92 Å². The predicted octanol–water partition coefficient (Wildman–Crippen LogP) is 3.76. The average molecular weight is 153 g/mol. The Labute approximate surface area is 73.0 Å². The first-order chi connectivity index (χ1) is 5.13. The second-order valence-electron chi connectivity index (χ2n) is 4.16. The van der Waals surface area contributed by atoms with Gasteiger partial charge in [-0.2, -0.15) is 0 Å². The van der Waals surface area contributed by atoms with Crippen LogP contribution in [0.2, 0.25) is 12.1 Å². The molecule has 0 amide bonds. The molecule has 0 nitrogen and oxygen atoms in total. The van der Waals surface area contributed by atoms with Gasteiger partial charge < -0.3 is 0 Å². The first-order valence-electron chi connectivity index (χ1n) is 4.96. The lowest BCUT2D eigenvalue weighted by Crippen LogP contribution is -1.95.